The van der Waals surface area contributed by atoms with E-state index in [2.05, 4.69) is 9.88 Å². The van der Waals surface area contributed by atoms with Crippen molar-refractivity contribution in [2.75, 3.05) is 25.1 Å². The summed E-state index contributed by atoms with van der Waals surface area (Å²) in [4.78, 5) is 6.37. The van der Waals surface area contributed by atoms with Crippen molar-refractivity contribution in [2.45, 2.75) is 32.3 Å². The van der Waals surface area contributed by atoms with E-state index in [4.69, 9.17) is 5.11 Å². The molecule has 0 spiro atoms. The Balaban J connectivity index is 2.58. The Hall–Kier alpha value is -1.13. The van der Waals surface area contributed by atoms with Gasteiger partial charge < -0.3 is 15.1 Å². The minimum Gasteiger partial charge on any atom is -0.396 e. The highest BCUT2D eigenvalue weighted by atomic mass is 16.3. The molecule has 1 rings (SSSR count). The van der Waals surface area contributed by atoms with E-state index in [9.17, 15) is 5.11 Å². The summed E-state index contributed by atoms with van der Waals surface area (Å²) in [6.45, 7) is 2.89. The van der Waals surface area contributed by atoms with Crippen LogP contribution in [-0.2, 0) is 0 Å². The highest BCUT2D eigenvalue weighted by Gasteiger charge is 2.11. The zero-order chi connectivity index (χ0) is 12.7. The van der Waals surface area contributed by atoms with Crippen molar-refractivity contribution in [3.63, 3.8) is 0 Å². The molecule has 1 unspecified atom stereocenters. The van der Waals surface area contributed by atoms with Gasteiger partial charge in [-0.05, 0) is 32.3 Å². The lowest BCUT2D eigenvalue weighted by molar-refractivity contribution is 0.199. The molecule has 2 N–H and O–H groups in total. The van der Waals surface area contributed by atoms with Gasteiger partial charge in [0.2, 0.25) is 0 Å². The number of unbranched alkanes of at least 4 members (excludes halogenated alkanes) is 2. The maximum absolute atomic E-state index is 9.66. The van der Waals surface area contributed by atoms with Crippen LogP contribution >= 0.6 is 0 Å². The van der Waals surface area contributed by atoms with Crippen LogP contribution in [0.25, 0.3) is 0 Å². The Morgan fingerprint density at radius 3 is 2.76 bits per heavy atom. The average molecular weight is 238 g/mol. The van der Waals surface area contributed by atoms with E-state index in [-0.39, 0.29) is 6.61 Å². The molecule has 0 fully saturated rings. The molecule has 4 heteroatoms. The highest BCUT2D eigenvalue weighted by molar-refractivity contribution is 5.46. The second-order valence-electron chi connectivity index (χ2n) is 4.30. The summed E-state index contributed by atoms with van der Waals surface area (Å²) < 4.78 is 0. The van der Waals surface area contributed by atoms with Gasteiger partial charge in [-0.2, -0.15) is 0 Å². The molecule has 0 aliphatic heterocycles. The molecule has 0 saturated heterocycles. The van der Waals surface area contributed by atoms with Gasteiger partial charge in [-0.15, -0.1) is 0 Å². The molecule has 1 aromatic rings. The maximum atomic E-state index is 9.66. The molecule has 1 aromatic heterocycles. The van der Waals surface area contributed by atoms with Crippen molar-refractivity contribution >= 4 is 5.82 Å². The van der Waals surface area contributed by atoms with Crippen LogP contribution in [0.4, 0.5) is 5.82 Å². The van der Waals surface area contributed by atoms with Crippen molar-refractivity contribution in [1.82, 2.24) is 4.98 Å². The molecule has 0 saturated carbocycles. The van der Waals surface area contributed by atoms with Gasteiger partial charge in [-0.25, -0.2) is 4.98 Å². The minimum atomic E-state index is -0.501. The second kappa shape index (κ2) is 7.25. The zero-order valence-corrected chi connectivity index (χ0v) is 10.6. The van der Waals surface area contributed by atoms with Crippen molar-refractivity contribution in [3.05, 3.63) is 23.9 Å². The van der Waals surface area contributed by atoms with E-state index in [0.29, 0.717) is 0 Å². The van der Waals surface area contributed by atoms with E-state index < -0.39 is 6.10 Å². The van der Waals surface area contributed by atoms with Gasteiger partial charge in [-0.3, -0.25) is 0 Å². The topological polar surface area (TPSA) is 56.6 Å². The first-order valence-electron chi connectivity index (χ1n) is 6.11. The lowest BCUT2D eigenvalue weighted by Gasteiger charge is -2.22. The molecule has 0 aromatic carbocycles. The number of rotatable bonds is 7. The first-order chi connectivity index (χ1) is 8.16. The predicted octanol–water partition coefficient (Wildman–Crippen LogP) is 1.73. The second-order valence-corrected chi connectivity index (χ2v) is 4.30. The summed E-state index contributed by atoms with van der Waals surface area (Å²) in [5.41, 5.74) is 0.858. The number of nitrogens with zero attached hydrogens (tertiary/aromatic N) is 2. The highest BCUT2D eigenvalue weighted by Crippen LogP contribution is 2.22. The summed E-state index contributed by atoms with van der Waals surface area (Å²) in [5, 5.41) is 18.4. The monoisotopic (exact) mass is 238 g/mol. The van der Waals surface area contributed by atoms with Crippen molar-refractivity contribution in [2.24, 2.45) is 0 Å². The first kappa shape index (κ1) is 13.9. The van der Waals surface area contributed by atoms with E-state index in [1.807, 2.05) is 19.2 Å². The molecule has 0 radical (unpaired) electrons. The average Bonchev–Trinajstić information content (AvgIpc) is 2.34. The smallest absolute Gasteiger partial charge is 0.134 e. The third kappa shape index (κ3) is 4.32. The maximum Gasteiger partial charge on any atom is 0.134 e. The van der Waals surface area contributed by atoms with Crippen LogP contribution < -0.4 is 4.90 Å². The van der Waals surface area contributed by atoms with Crippen LogP contribution in [0.3, 0.4) is 0 Å². The summed E-state index contributed by atoms with van der Waals surface area (Å²) >= 11 is 0. The molecule has 4 nitrogen and oxygen atoms in total. The van der Waals surface area contributed by atoms with Crippen LogP contribution in [0.2, 0.25) is 0 Å². The van der Waals surface area contributed by atoms with Gasteiger partial charge in [0.1, 0.15) is 5.82 Å². The van der Waals surface area contributed by atoms with E-state index in [0.717, 1.165) is 37.2 Å². The Bertz CT molecular complexity index is 329. The Labute approximate surface area is 103 Å². The van der Waals surface area contributed by atoms with Crippen molar-refractivity contribution < 1.29 is 10.2 Å². The molecule has 1 atom stereocenters. The molecule has 0 bridgehead atoms. The van der Waals surface area contributed by atoms with E-state index in [1.165, 1.54) is 0 Å². The number of hydrogen-bond acceptors (Lipinski definition) is 4. The van der Waals surface area contributed by atoms with E-state index in [1.54, 1.807) is 13.1 Å². The van der Waals surface area contributed by atoms with Gasteiger partial charge >= 0.3 is 0 Å². The quantitative estimate of drug-likeness (QED) is 0.710. The normalized spacial score (nSPS) is 12.5. The minimum absolute atomic E-state index is 0.256. The number of aromatic nitrogens is 1. The zero-order valence-electron chi connectivity index (χ0n) is 10.6. The molecular formula is C13H22N2O2. The standard InChI is InChI=1S/C13H22N2O2/c1-11(17)12-7-6-8-14-13(12)15(2)9-4-3-5-10-16/h6-8,11,16-17H,3-5,9-10H2,1-2H3. The third-order valence-corrected chi connectivity index (χ3v) is 2.78. The lowest BCUT2D eigenvalue weighted by atomic mass is 10.1. The fourth-order valence-electron chi connectivity index (χ4n) is 1.80. The summed E-state index contributed by atoms with van der Waals surface area (Å²) in [7, 11) is 1.98. The van der Waals surface area contributed by atoms with Crippen LogP contribution in [-0.4, -0.2) is 35.4 Å². The van der Waals surface area contributed by atoms with Crippen molar-refractivity contribution in [1.29, 1.82) is 0 Å². The Kier molecular flexibility index (Phi) is 5.94. The fraction of sp³-hybridized carbons (Fsp3) is 0.615. The molecule has 0 amide bonds. The van der Waals surface area contributed by atoms with Crippen LogP contribution in [0.1, 0.15) is 37.9 Å². The van der Waals surface area contributed by atoms with Gasteiger partial charge in [0, 0.05) is 32.0 Å². The molecule has 1 heterocycles. The fourth-order valence-corrected chi connectivity index (χ4v) is 1.80. The molecule has 0 aliphatic carbocycles. The first-order valence-corrected chi connectivity index (χ1v) is 6.11. The van der Waals surface area contributed by atoms with Gasteiger partial charge in [0.25, 0.3) is 0 Å². The molecular weight excluding hydrogens is 216 g/mol. The Morgan fingerprint density at radius 1 is 1.35 bits per heavy atom. The summed E-state index contributed by atoms with van der Waals surface area (Å²) in [6.07, 6.45) is 4.12. The van der Waals surface area contributed by atoms with Crippen molar-refractivity contribution in [3.8, 4) is 0 Å². The summed E-state index contributed by atoms with van der Waals surface area (Å²) in [6, 6.07) is 3.74. The SMILES string of the molecule is CC(O)c1cccnc1N(C)CCCCCO. The summed E-state index contributed by atoms with van der Waals surface area (Å²) in [5.74, 6) is 0.839. The van der Waals surface area contributed by atoms with Gasteiger partial charge in [0.05, 0.1) is 6.10 Å². The number of aliphatic hydroxyl groups excluding tert-OH is 2. The molecule has 0 aliphatic rings. The lowest BCUT2D eigenvalue weighted by Crippen LogP contribution is -2.21. The number of hydrogen-bond donors (Lipinski definition) is 2. The number of anilines is 1. The van der Waals surface area contributed by atoms with Crippen LogP contribution in [0.15, 0.2) is 18.3 Å². The van der Waals surface area contributed by atoms with E-state index >= 15 is 0 Å². The van der Waals surface area contributed by atoms with Crippen LogP contribution in [0.5, 0.6) is 0 Å². The molecule has 17 heavy (non-hydrogen) atoms. The number of pyridine rings is 1. The van der Waals surface area contributed by atoms with Gasteiger partial charge in [0.15, 0.2) is 0 Å². The van der Waals surface area contributed by atoms with Gasteiger partial charge in [-0.1, -0.05) is 6.07 Å². The predicted molar refractivity (Wildman–Crippen MR) is 69.1 cm³/mol. The van der Waals surface area contributed by atoms with Crippen LogP contribution in [0, 0.1) is 0 Å². The number of aliphatic hydroxyl groups is 2. The third-order valence-electron chi connectivity index (χ3n) is 2.78. The largest absolute Gasteiger partial charge is 0.396 e. The Morgan fingerprint density at radius 2 is 2.12 bits per heavy atom. The molecule has 96 valence electrons.